The van der Waals surface area contributed by atoms with Crippen LogP contribution in [0.25, 0.3) is 0 Å². The Kier molecular flexibility index (Phi) is 4.10. The summed E-state index contributed by atoms with van der Waals surface area (Å²) in [6.45, 7) is 0. The van der Waals surface area contributed by atoms with E-state index in [4.69, 9.17) is 11.6 Å². The Morgan fingerprint density at radius 2 is 1.77 bits per heavy atom. The highest BCUT2D eigenvalue weighted by atomic mass is 35.5. The number of sulfonamides is 1. The van der Waals surface area contributed by atoms with Crippen LogP contribution < -0.4 is 4.72 Å². The van der Waals surface area contributed by atoms with Gasteiger partial charge >= 0.3 is 0 Å². The number of rotatable bonds is 3. The van der Waals surface area contributed by atoms with Crippen molar-refractivity contribution >= 4 is 27.3 Å². The highest BCUT2D eigenvalue weighted by Crippen LogP contribution is 2.27. The van der Waals surface area contributed by atoms with Crippen LogP contribution in [0.2, 0.25) is 5.02 Å². The molecule has 0 spiro atoms. The monoisotopic (exact) mass is 339 g/mol. The molecule has 0 atom stereocenters. The first-order valence-corrected chi connectivity index (χ1v) is 8.92. The van der Waals surface area contributed by atoms with Crippen molar-refractivity contribution in [2.45, 2.75) is 30.6 Å². The Hall–Kier alpha value is -1.59. The van der Waals surface area contributed by atoms with Gasteiger partial charge in [-0.05, 0) is 61.1 Å². The molecular weight excluding hydrogens is 325 g/mol. The van der Waals surface area contributed by atoms with Crippen LogP contribution in [0, 0.1) is 5.82 Å². The van der Waals surface area contributed by atoms with Crippen LogP contribution in [-0.4, -0.2) is 8.42 Å². The van der Waals surface area contributed by atoms with Crippen LogP contribution in [0.4, 0.5) is 10.1 Å². The number of halogens is 2. The molecule has 116 valence electrons. The first-order chi connectivity index (χ1) is 10.5. The molecule has 0 saturated carbocycles. The van der Waals surface area contributed by atoms with Gasteiger partial charge in [0.25, 0.3) is 10.0 Å². The maximum atomic E-state index is 13.9. The van der Waals surface area contributed by atoms with E-state index in [0.717, 1.165) is 31.2 Å². The summed E-state index contributed by atoms with van der Waals surface area (Å²) in [6, 6.07) is 9.30. The molecule has 0 fully saturated rings. The quantitative estimate of drug-likeness (QED) is 0.912. The van der Waals surface area contributed by atoms with Crippen molar-refractivity contribution < 1.29 is 12.8 Å². The molecule has 22 heavy (non-hydrogen) atoms. The second-order valence-corrected chi connectivity index (χ2v) is 7.43. The third kappa shape index (κ3) is 2.96. The van der Waals surface area contributed by atoms with E-state index in [1.807, 2.05) is 6.07 Å². The van der Waals surface area contributed by atoms with Crippen molar-refractivity contribution in [3.63, 3.8) is 0 Å². The number of benzene rings is 2. The number of fused-ring (bicyclic) bond motifs is 1. The van der Waals surface area contributed by atoms with E-state index in [2.05, 4.69) is 4.72 Å². The Bertz CT molecular complexity index is 821. The molecular formula is C16H15ClFNO2S. The lowest BCUT2D eigenvalue weighted by atomic mass is 9.92. The minimum Gasteiger partial charge on any atom is -0.277 e. The summed E-state index contributed by atoms with van der Waals surface area (Å²) in [4.78, 5) is 0.146. The fourth-order valence-corrected chi connectivity index (χ4v) is 3.95. The number of aryl methyl sites for hydroxylation is 2. The molecule has 0 aromatic heterocycles. The number of hydrogen-bond acceptors (Lipinski definition) is 2. The molecule has 0 bridgehead atoms. The van der Waals surface area contributed by atoms with Crippen molar-refractivity contribution in [2.75, 3.05) is 4.72 Å². The zero-order chi connectivity index (χ0) is 15.7. The molecule has 6 heteroatoms. The highest BCUT2D eigenvalue weighted by Gasteiger charge is 2.19. The van der Waals surface area contributed by atoms with E-state index < -0.39 is 15.8 Å². The van der Waals surface area contributed by atoms with E-state index >= 15 is 0 Å². The largest absolute Gasteiger partial charge is 0.277 e. The van der Waals surface area contributed by atoms with Gasteiger partial charge in [0.1, 0.15) is 0 Å². The Balaban J connectivity index is 1.94. The molecule has 0 unspecified atom stereocenters. The van der Waals surface area contributed by atoms with Gasteiger partial charge in [-0.2, -0.15) is 0 Å². The lowest BCUT2D eigenvalue weighted by Gasteiger charge is -2.17. The second-order valence-electron chi connectivity index (χ2n) is 5.34. The predicted molar refractivity (Wildman–Crippen MR) is 85.3 cm³/mol. The van der Waals surface area contributed by atoms with E-state index in [1.54, 1.807) is 12.1 Å². The molecule has 0 heterocycles. The zero-order valence-corrected chi connectivity index (χ0v) is 13.3. The maximum Gasteiger partial charge on any atom is 0.261 e. The van der Waals surface area contributed by atoms with E-state index in [0.29, 0.717) is 0 Å². The number of hydrogen-bond donors (Lipinski definition) is 1. The minimum atomic E-state index is -3.83. The van der Waals surface area contributed by atoms with Crippen molar-refractivity contribution in [2.24, 2.45) is 0 Å². The first kappa shape index (κ1) is 15.3. The van der Waals surface area contributed by atoms with Crippen LogP contribution in [-0.2, 0) is 22.9 Å². The summed E-state index contributed by atoms with van der Waals surface area (Å²) in [6.07, 6.45) is 4.05. The minimum absolute atomic E-state index is 0.120. The second kappa shape index (κ2) is 5.89. The Labute approximate surface area is 134 Å². The van der Waals surface area contributed by atoms with Gasteiger partial charge in [0, 0.05) is 0 Å². The van der Waals surface area contributed by atoms with Gasteiger partial charge in [-0.25, -0.2) is 12.8 Å². The van der Waals surface area contributed by atoms with Gasteiger partial charge in [0.05, 0.1) is 15.6 Å². The molecule has 3 rings (SSSR count). The van der Waals surface area contributed by atoms with Crippen LogP contribution in [0.5, 0.6) is 0 Å². The third-order valence-corrected chi connectivity index (χ3v) is 5.48. The van der Waals surface area contributed by atoms with E-state index in [-0.39, 0.29) is 15.6 Å². The van der Waals surface area contributed by atoms with Crippen molar-refractivity contribution in [3.05, 3.63) is 58.4 Å². The topological polar surface area (TPSA) is 46.2 Å². The molecule has 0 aliphatic heterocycles. The first-order valence-electron chi connectivity index (χ1n) is 7.06. The van der Waals surface area contributed by atoms with Crippen molar-refractivity contribution in [3.8, 4) is 0 Å². The van der Waals surface area contributed by atoms with Crippen LogP contribution in [0.1, 0.15) is 24.0 Å². The Morgan fingerprint density at radius 1 is 1.05 bits per heavy atom. The predicted octanol–water partition coefficient (Wildman–Crippen LogP) is 4.16. The fourth-order valence-electron chi connectivity index (χ4n) is 2.66. The van der Waals surface area contributed by atoms with Crippen molar-refractivity contribution in [1.82, 2.24) is 0 Å². The average Bonchev–Trinajstić information content (AvgIpc) is 2.51. The summed E-state index contributed by atoms with van der Waals surface area (Å²) in [5, 5.41) is -0.120. The smallest absolute Gasteiger partial charge is 0.261 e. The van der Waals surface area contributed by atoms with Gasteiger partial charge in [-0.3, -0.25) is 4.72 Å². The number of nitrogens with one attached hydrogen (secondary N) is 1. The SMILES string of the molecule is O=S(=O)(Nc1cccc(Cl)c1F)c1ccc2c(c1)CCCC2. The summed E-state index contributed by atoms with van der Waals surface area (Å²) in [7, 11) is -3.83. The van der Waals surface area contributed by atoms with E-state index in [9.17, 15) is 12.8 Å². The lowest BCUT2D eigenvalue weighted by Crippen LogP contribution is -2.15. The van der Waals surface area contributed by atoms with E-state index in [1.165, 1.54) is 23.8 Å². The molecule has 3 nitrogen and oxygen atoms in total. The standard InChI is InChI=1S/C16H15ClFNO2S/c17-14-6-3-7-15(16(14)18)19-22(20,21)13-9-8-11-4-1-2-5-12(11)10-13/h3,6-10,19H,1-2,4-5H2. The van der Waals surface area contributed by atoms with Crippen LogP contribution >= 0.6 is 11.6 Å². The van der Waals surface area contributed by atoms with Gasteiger partial charge in [0.2, 0.25) is 0 Å². The molecule has 1 aliphatic rings. The molecule has 2 aromatic carbocycles. The zero-order valence-electron chi connectivity index (χ0n) is 11.8. The molecule has 2 aromatic rings. The average molecular weight is 340 g/mol. The fraction of sp³-hybridized carbons (Fsp3) is 0.250. The third-order valence-electron chi connectivity index (χ3n) is 3.83. The van der Waals surface area contributed by atoms with Gasteiger partial charge in [-0.15, -0.1) is 0 Å². The van der Waals surface area contributed by atoms with Gasteiger partial charge < -0.3 is 0 Å². The Morgan fingerprint density at radius 3 is 2.55 bits per heavy atom. The molecule has 0 radical (unpaired) electrons. The molecule has 1 N–H and O–H groups in total. The van der Waals surface area contributed by atoms with Crippen molar-refractivity contribution in [1.29, 1.82) is 0 Å². The van der Waals surface area contributed by atoms with Crippen LogP contribution in [0.3, 0.4) is 0 Å². The normalized spacial score (nSPS) is 14.5. The summed E-state index contributed by atoms with van der Waals surface area (Å²) < 4.78 is 41.0. The molecule has 0 saturated heterocycles. The summed E-state index contributed by atoms with van der Waals surface area (Å²) in [5.74, 6) is -0.772. The van der Waals surface area contributed by atoms with Crippen LogP contribution in [0.15, 0.2) is 41.3 Å². The van der Waals surface area contributed by atoms with Gasteiger partial charge in [0.15, 0.2) is 5.82 Å². The molecule has 1 aliphatic carbocycles. The summed E-state index contributed by atoms with van der Waals surface area (Å²) in [5.41, 5.74) is 2.10. The summed E-state index contributed by atoms with van der Waals surface area (Å²) >= 11 is 5.67. The lowest BCUT2D eigenvalue weighted by molar-refractivity contribution is 0.598. The molecule has 0 amide bonds. The van der Waals surface area contributed by atoms with Gasteiger partial charge in [-0.1, -0.05) is 23.7 Å². The maximum absolute atomic E-state index is 13.9. The number of anilines is 1. The highest BCUT2D eigenvalue weighted by molar-refractivity contribution is 7.92.